The largest absolute Gasteiger partial charge is 0.382 e. The van der Waals surface area contributed by atoms with Gasteiger partial charge in [-0.2, -0.15) is 0 Å². The Morgan fingerprint density at radius 1 is 0.615 bits per heavy atom. The van der Waals surface area contributed by atoms with Gasteiger partial charge in [-0.05, 0) is 0 Å². The van der Waals surface area contributed by atoms with Crippen molar-refractivity contribution in [3.8, 4) is 5.75 Å². The number of halogens is 6. The van der Waals surface area contributed by atoms with Crippen LogP contribution in [0, 0.1) is 0 Å². The number of hydrogen-bond donors (Lipinski definition) is 0. The predicted octanol–water partition coefficient (Wildman–Crippen LogP) is 5.49. The van der Waals surface area contributed by atoms with E-state index in [9.17, 15) is 0 Å². The van der Waals surface area contributed by atoms with Crippen LogP contribution in [0.15, 0.2) is 0 Å². The molecule has 72 valence electrons. The van der Waals surface area contributed by atoms with Gasteiger partial charge in [-0.3, -0.25) is 0 Å². The summed E-state index contributed by atoms with van der Waals surface area (Å²) in [6.45, 7) is 0. The van der Waals surface area contributed by atoms with E-state index >= 15 is 0 Å². The van der Waals surface area contributed by atoms with Crippen molar-refractivity contribution in [1.29, 1.82) is 0 Å². The molecule has 0 amide bonds. The molecule has 0 fully saturated rings. The summed E-state index contributed by atoms with van der Waals surface area (Å²) in [4.78, 5) is 0. The van der Waals surface area contributed by atoms with E-state index in [0.717, 1.165) is 0 Å². The van der Waals surface area contributed by atoms with Gasteiger partial charge in [-0.15, -0.1) is 0 Å². The monoisotopic (exact) mass is 298 g/mol. The second-order valence-electron chi connectivity index (χ2n) is 1.98. The number of rotatable bonds is 1. The van der Waals surface area contributed by atoms with Crippen LogP contribution in [-0.2, 0) is 0 Å². The molecule has 1 aromatic carbocycles. The predicted molar refractivity (Wildman–Crippen MR) is 58.0 cm³/mol. The molecule has 0 aromatic heterocycles. The van der Waals surface area contributed by atoms with Crippen LogP contribution >= 0.6 is 69.9 Å². The Morgan fingerprint density at radius 2 is 0.923 bits per heavy atom. The molecule has 0 heterocycles. The third kappa shape index (κ3) is 2.06. The summed E-state index contributed by atoms with van der Waals surface area (Å²) >= 11 is 33.6. The lowest BCUT2D eigenvalue weighted by Crippen LogP contribution is -1.84. The first-order chi connectivity index (χ1) is 6.00. The van der Waals surface area contributed by atoms with Crippen LogP contribution < -0.4 is 4.29 Å². The molecule has 0 radical (unpaired) electrons. The van der Waals surface area contributed by atoms with E-state index < -0.39 is 0 Å². The van der Waals surface area contributed by atoms with Crippen molar-refractivity contribution < 1.29 is 4.29 Å². The molecule has 0 N–H and O–H groups in total. The molecule has 0 atom stereocenters. The minimum atomic E-state index is -0.00981. The van der Waals surface area contributed by atoms with Gasteiger partial charge in [0.15, 0.2) is 5.75 Å². The van der Waals surface area contributed by atoms with Crippen molar-refractivity contribution in [2.24, 2.45) is 0 Å². The molecule has 0 saturated carbocycles. The van der Waals surface area contributed by atoms with Gasteiger partial charge in [0, 0.05) is 0 Å². The Labute approximate surface area is 105 Å². The maximum Gasteiger partial charge on any atom is 0.186 e. The molecule has 0 aliphatic carbocycles. The van der Waals surface area contributed by atoms with Crippen LogP contribution in [0.25, 0.3) is 0 Å². The van der Waals surface area contributed by atoms with Gasteiger partial charge in [-0.25, -0.2) is 0 Å². The first kappa shape index (κ1) is 11.8. The topological polar surface area (TPSA) is 9.23 Å². The minimum absolute atomic E-state index is 0.00981. The van der Waals surface area contributed by atoms with Crippen molar-refractivity contribution in [2.45, 2.75) is 0 Å². The molecule has 1 aromatic rings. The zero-order valence-corrected chi connectivity index (χ0v) is 10.2. The van der Waals surface area contributed by atoms with Crippen molar-refractivity contribution >= 4 is 69.9 Å². The van der Waals surface area contributed by atoms with Gasteiger partial charge in [0.05, 0.1) is 15.1 Å². The Balaban J connectivity index is 3.56. The van der Waals surface area contributed by atoms with Gasteiger partial charge in [0.1, 0.15) is 21.9 Å². The van der Waals surface area contributed by atoms with Gasteiger partial charge < -0.3 is 4.29 Å². The summed E-state index contributed by atoms with van der Waals surface area (Å²) < 4.78 is 4.37. The quantitative estimate of drug-likeness (QED) is 0.492. The lowest BCUT2D eigenvalue weighted by molar-refractivity contribution is 0.620. The molecule has 1 rings (SSSR count). The summed E-state index contributed by atoms with van der Waals surface area (Å²) in [5, 5.41) is 0.213. The second kappa shape index (κ2) is 4.52. The van der Waals surface area contributed by atoms with E-state index in [-0.39, 0.29) is 30.9 Å². The third-order valence-corrected chi connectivity index (χ3v) is 3.64. The van der Waals surface area contributed by atoms with E-state index in [1.165, 1.54) is 0 Å². The molecule has 0 aliphatic heterocycles. The summed E-state index contributed by atoms with van der Waals surface area (Å²) in [6.07, 6.45) is 0. The highest BCUT2D eigenvalue weighted by Crippen LogP contribution is 2.48. The summed E-state index contributed by atoms with van der Waals surface area (Å²) in [6, 6.07) is 0. The smallest absolute Gasteiger partial charge is 0.186 e. The van der Waals surface area contributed by atoms with Crippen molar-refractivity contribution in [3.05, 3.63) is 25.1 Å². The van der Waals surface area contributed by atoms with Crippen molar-refractivity contribution in [2.75, 3.05) is 0 Å². The third-order valence-electron chi connectivity index (χ3n) is 1.25. The van der Waals surface area contributed by atoms with Gasteiger partial charge in [-0.1, -0.05) is 58.0 Å². The van der Waals surface area contributed by atoms with Gasteiger partial charge in [0.2, 0.25) is 0 Å². The summed E-state index contributed by atoms with van der Waals surface area (Å²) in [5.74, 6) is -0.00981. The number of benzene rings is 1. The molecular weight excluding hydrogens is 301 g/mol. The zero-order chi connectivity index (χ0) is 10.2. The lowest BCUT2D eigenvalue weighted by atomic mass is 10.3. The second-order valence-corrected chi connectivity index (χ2v) is 4.02. The van der Waals surface area contributed by atoms with Crippen molar-refractivity contribution in [1.82, 2.24) is 0 Å². The summed E-state index contributed by atoms with van der Waals surface area (Å²) in [5.41, 5.74) is 0. The lowest BCUT2D eigenvalue weighted by Gasteiger charge is -2.08. The van der Waals surface area contributed by atoms with Crippen molar-refractivity contribution in [3.63, 3.8) is 0 Å². The molecule has 0 bridgehead atoms. The molecule has 0 spiro atoms. The fourth-order valence-corrected chi connectivity index (χ4v) is 2.08. The highest BCUT2D eigenvalue weighted by Gasteiger charge is 2.20. The molecular formula is C6Cl6O. The molecule has 0 saturated heterocycles. The normalized spacial score (nSPS) is 10.3. The highest BCUT2D eigenvalue weighted by atomic mass is 35.5. The van der Waals surface area contributed by atoms with Gasteiger partial charge >= 0.3 is 0 Å². The Morgan fingerprint density at radius 3 is 1.23 bits per heavy atom. The van der Waals surface area contributed by atoms with Gasteiger partial charge in [0.25, 0.3) is 0 Å². The molecule has 7 heteroatoms. The maximum absolute atomic E-state index is 5.71. The first-order valence-corrected chi connectivity index (χ1v) is 5.00. The number of hydrogen-bond acceptors (Lipinski definition) is 1. The molecule has 0 unspecified atom stereocenters. The highest BCUT2D eigenvalue weighted by molar-refractivity contribution is 6.55. The van der Waals surface area contributed by atoms with E-state index in [2.05, 4.69) is 4.29 Å². The minimum Gasteiger partial charge on any atom is -0.382 e. The molecule has 0 aliphatic rings. The van der Waals surface area contributed by atoms with Crippen LogP contribution in [-0.4, -0.2) is 0 Å². The van der Waals surface area contributed by atoms with E-state index in [1.54, 1.807) is 0 Å². The molecule has 1 nitrogen and oxygen atoms in total. The molecule has 13 heavy (non-hydrogen) atoms. The summed E-state index contributed by atoms with van der Waals surface area (Å²) in [7, 11) is 0. The maximum atomic E-state index is 5.71. The van der Waals surface area contributed by atoms with Crippen LogP contribution in [0.4, 0.5) is 0 Å². The average molecular weight is 301 g/mol. The SMILES string of the molecule is ClOc1c(Cl)c(Cl)c(Cl)c(Cl)c1Cl. The Kier molecular flexibility index (Phi) is 4.11. The average Bonchev–Trinajstić information content (AvgIpc) is 2.13. The zero-order valence-electron chi connectivity index (χ0n) is 5.68. The van der Waals surface area contributed by atoms with E-state index in [4.69, 9.17) is 69.9 Å². The van der Waals surface area contributed by atoms with E-state index in [0.29, 0.717) is 0 Å². The standard InChI is InChI=1S/C6Cl6O/c7-1-2(8)4(10)6(13-12)5(11)3(1)9. The van der Waals surface area contributed by atoms with Crippen LogP contribution in [0.2, 0.25) is 25.1 Å². The fraction of sp³-hybridized carbons (Fsp3) is 0. The van der Waals surface area contributed by atoms with Crippen LogP contribution in [0.1, 0.15) is 0 Å². The first-order valence-electron chi connectivity index (χ1n) is 2.80. The Bertz CT molecular complexity index is 320. The van der Waals surface area contributed by atoms with Crippen LogP contribution in [0.3, 0.4) is 0 Å². The van der Waals surface area contributed by atoms with E-state index in [1.807, 2.05) is 0 Å². The van der Waals surface area contributed by atoms with Crippen LogP contribution in [0.5, 0.6) is 5.75 Å². The fourth-order valence-electron chi connectivity index (χ4n) is 0.652. The Hall–Kier alpha value is 0.760.